The van der Waals surface area contributed by atoms with Gasteiger partial charge in [0.25, 0.3) is 0 Å². The topological polar surface area (TPSA) is 16.4 Å². The highest BCUT2D eigenvalue weighted by molar-refractivity contribution is 6.08. The van der Waals surface area contributed by atoms with Crippen LogP contribution in [-0.4, -0.2) is 0 Å². The second kappa shape index (κ2) is 13.2. The Kier molecular flexibility index (Phi) is 7.53. The first-order chi connectivity index (χ1) is 27.8. The lowest BCUT2D eigenvalue weighted by Gasteiger charge is -2.30. The fraction of sp³-hybridized carbons (Fsp3) is 0. The zero-order valence-corrected chi connectivity index (χ0v) is 30.6. The van der Waals surface area contributed by atoms with Gasteiger partial charge in [-0.25, -0.2) is 0 Å². The molecule has 0 fully saturated rings. The summed E-state index contributed by atoms with van der Waals surface area (Å²) in [7, 11) is 0. The molecule has 0 radical (unpaired) electrons. The van der Waals surface area contributed by atoms with Gasteiger partial charge in [-0.05, 0) is 110 Å². The van der Waals surface area contributed by atoms with Gasteiger partial charge in [-0.1, -0.05) is 164 Å². The molecule has 2 heteroatoms. The summed E-state index contributed by atoms with van der Waals surface area (Å²) in [4.78, 5) is 2.43. The van der Waals surface area contributed by atoms with Gasteiger partial charge in [-0.2, -0.15) is 0 Å². The average Bonchev–Trinajstić information content (AvgIpc) is 3.65. The molecule has 0 aliphatic heterocycles. The molecule has 1 aromatic heterocycles. The molecule has 1 aliphatic carbocycles. The number of hydrogen-bond acceptors (Lipinski definition) is 2. The maximum absolute atomic E-state index is 6.34. The maximum Gasteiger partial charge on any atom is 0.135 e. The summed E-state index contributed by atoms with van der Waals surface area (Å²) < 4.78 is 6.34. The highest BCUT2D eigenvalue weighted by Gasteiger charge is 2.25. The Balaban J connectivity index is 1.20. The summed E-state index contributed by atoms with van der Waals surface area (Å²) in [5.74, 6) is 0. The first-order valence-corrected chi connectivity index (χ1v) is 19.2. The molecule has 11 rings (SSSR count). The zero-order chi connectivity index (χ0) is 37.0. The first kappa shape index (κ1) is 32.0. The number of hydrogen-bond donors (Lipinski definition) is 0. The smallest absolute Gasteiger partial charge is 0.135 e. The van der Waals surface area contributed by atoms with Crippen LogP contribution in [0.4, 0.5) is 17.1 Å². The van der Waals surface area contributed by atoms with E-state index < -0.39 is 0 Å². The fourth-order valence-electron chi connectivity index (χ4n) is 8.66. The number of benzene rings is 9. The normalized spacial score (nSPS) is 11.6. The Bertz CT molecular complexity index is 3080. The minimum Gasteiger partial charge on any atom is -0.456 e. The fourth-order valence-corrected chi connectivity index (χ4v) is 8.66. The van der Waals surface area contributed by atoms with Crippen LogP contribution < -0.4 is 4.90 Å². The molecule has 262 valence electrons. The van der Waals surface area contributed by atoms with Crippen LogP contribution in [-0.2, 0) is 0 Å². The minimum absolute atomic E-state index is 0.875. The van der Waals surface area contributed by atoms with Gasteiger partial charge < -0.3 is 9.32 Å². The van der Waals surface area contributed by atoms with Gasteiger partial charge in [-0.15, -0.1) is 0 Å². The van der Waals surface area contributed by atoms with Gasteiger partial charge in [-0.3, -0.25) is 0 Å². The Morgan fingerprint density at radius 2 is 0.750 bits per heavy atom. The van der Waals surface area contributed by atoms with Gasteiger partial charge in [0.2, 0.25) is 0 Å². The van der Waals surface area contributed by atoms with E-state index >= 15 is 0 Å². The number of para-hydroxylation sites is 1. The van der Waals surface area contributed by atoms with Crippen molar-refractivity contribution in [1.82, 2.24) is 0 Å². The van der Waals surface area contributed by atoms with E-state index in [0.717, 1.165) is 50.1 Å². The van der Waals surface area contributed by atoms with Gasteiger partial charge in [0.1, 0.15) is 11.2 Å². The number of furan rings is 1. The number of fused-ring (bicyclic) bond motifs is 11. The predicted octanol–water partition coefficient (Wildman–Crippen LogP) is 15.4. The second-order valence-electron chi connectivity index (χ2n) is 14.4. The van der Waals surface area contributed by atoms with Crippen molar-refractivity contribution < 1.29 is 4.42 Å². The van der Waals surface area contributed by atoms with Crippen molar-refractivity contribution in [3.8, 4) is 66.8 Å². The maximum atomic E-state index is 6.34. The van der Waals surface area contributed by atoms with E-state index in [2.05, 4.69) is 205 Å². The van der Waals surface area contributed by atoms with E-state index in [0.29, 0.717) is 0 Å². The van der Waals surface area contributed by atoms with E-state index in [-0.39, 0.29) is 0 Å². The summed E-state index contributed by atoms with van der Waals surface area (Å²) in [5, 5.41) is 2.20. The minimum atomic E-state index is 0.875. The molecular weight excluding hydrogens is 679 g/mol. The molecule has 2 nitrogen and oxygen atoms in total. The molecule has 0 bridgehead atoms. The molecule has 0 saturated heterocycles. The molecule has 0 N–H and O–H groups in total. The van der Waals surface area contributed by atoms with Gasteiger partial charge in [0.05, 0.1) is 5.69 Å². The molecule has 0 atom stereocenters. The monoisotopic (exact) mass is 713 g/mol. The molecule has 9 aromatic carbocycles. The molecule has 56 heavy (non-hydrogen) atoms. The van der Waals surface area contributed by atoms with Crippen molar-refractivity contribution in [2.24, 2.45) is 0 Å². The Labute approximate surface area is 326 Å². The number of rotatable bonds is 5. The number of nitrogens with zero attached hydrogens (tertiary/aromatic N) is 1. The van der Waals surface area contributed by atoms with Crippen molar-refractivity contribution in [2.75, 3.05) is 4.90 Å². The molecular formula is C54H35NO. The van der Waals surface area contributed by atoms with Crippen molar-refractivity contribution in [2.45, 2.75) is 0 Å². The van der Waals surface area contributed by atoms with Crippen LogP contribution in [0.1, 0.15) is 0 Å². The van der Waals surface area contributed by atoms with E-state index in [1.54, 1.807) is 0 Å². The molecule has 10 aromatic rings. The SMILES string of the molecule is c1ccc(-c2ccc(N(c3ccc4c(c3)-c3ccccc3-c3ccccc3-c3ccccc3-4)c3ccc4oc5ccccc5c4c3)c(-c3ccccc3)c2)cc1. The summed E-state index contributed by atoms with van der Waals surface area (Å²) in [6.45, 7) is 0. The molecule has 0 amide bonds. The van der Waals surface area contributed by atoms with Crippen LogP contribution in [0, 0.1) is 0 Å². The average molecular weight is 714 g/mol. The molecule has 0 saturated carbocycles. The van der Waals surface area contributed by atoms with E-state index in [1.165, 1.54) is 55.6 Å². The van der Waals surface area contributed by atoms with Crippen molar-refractivity contribution in [3.05, 3.63) is 212 Å². The summed E-state index contributed by atoms with van der Waals surface area (Å²) >= 11 is 0. The molecule has 0 spiro atoms. The predicted molar refractivity (Wildman–Crippen MR) is 235 cm³/mol. The van der Waals surface area contributed by atoms with Crippen molar-refractivity contribution in [1.29, 1.82) is 0 Å². The van der Waals surface area contributed by atoms with Gasteiger partial charge in [0.15, 0.2) is 0 Å². The van der Waals surface area contributed by atoms with Crippen LogP contribution in [0.25, 0.3) is 88.7 Å². The third kappa shape index (κ3) is 5.26. The lowest BCUT2D eigenvalue weighted by atomic mass is 9.81. The largest absolute Gasteiger partial charge is 0.456 e. The summed E-state index contributed by atoms with van der Waals surface area (Å²) in [5.41, 5.74) is 19.4. The van der Waals surface area contributed by atoms with E-state index in [4.69, 9.17) is 4.42 Å². The van der Waals surface area contributed by atoms with Gasteiger partial charge in [0, 0.05) is 27.7 Å². The molecule has 0 unspecified atom stereocenters. The van der Waals surface area contributed by atoms with Crippen molar-refractivity contribution in [3.63, 3.8) is 0 Å². The van der Waals surface area contributed by atoms with Crippen LogP contribution in [0.3, 0.4) is 0 Å². The van der Waals surface area contributed by atoms with Crippen LogP contribution in [0.15, 0.2) is 217 Å². The van der Waals surface area contributed by atoms with Crippen LogP contribution in [0.2, 0.25) is 0 Å². The van der Waals surface area contributed by atoms with E-state index in [9.17, 15) is 0 Å². The van der Waals surface area contributed by atoms with Crippen molar-refractivity contribution >= 4 is 39.0 Å². The Morgan fingerprint density at radius 3 is 1.39 bits per heavy atom. The Morgan fingerprint density at radius 1 is 0.268 bits per heavy atom. The highest BCUT2D eigenvalue weighted by atomic mass is 16.3. The zero-order valence-electron chi connectivity index (χ0n) is 30.6. The quantitative estimate of drug-likeness (QED) is 0.177. The number of anilines is 3. The van der Waals surface area contributed by atoms with Crippen LogP contribution >= 0.6 is 0 Å². The third-order valence-electron chi connectivity index (χ3n) is 11.3. The molecule has 1 heterocycles. The lowest BCUT2D eigenvalue weighted by Crippen LogP contribution is -2.12. The Hall–Kier alpha value is -7.42. The molecule has 1 aliphatic rings. The second-order valence-corrected chi connectivity index (χ2v) is 14.4. The standard InChI is InChI=1S/C54H35NO/c1-3-15-36(16-4-1)38-27-31-52(49(33-38)37-17-5-2-6-18-37)55(40-29-32-54-51(35-40)48-25-13-14-26-53(48)56-54)39-28-30-47-45-23-10-9-21-43(45)41-19-7-8-20-42(41)44-22-11-12-24-46(44)50(47)34-39/h1-35H. The van der Waals surface area contributed by atoms with Gasteiger partial charge >= 0.3 is 0 Å². The van der Waals surface area contributed by atoms with Crippen LogP contribution in [0.5, 0.6) is 0 Å². The lowest BCUT2D eigenvalue weighted by molar-refractivity contribution is 0.669. The third-order valence-corrected chi connectivity index (χ3v) is 11.3. The first-order valence-electron chi connectivity index (χ1n) is 19.2. The summed E-state index contributed by atoms with van der Waals surface area (Å²) in [6, 6.07) is 76.8. The summed E-state index contributed by atoms with van der Waals surface area (Å²) in [6.07, 6.45) is 0. The highest BCUT2D eigenvalue weighted by Crippen LogP contribution is 2.51. The van der Waals surface area contributed by atoms with E-state index in [1.807, 2.05) is 12.1 Å².